The Hall–Kier alpha value is -2.41. The molecule has 2 heterocycles. The molecule has 4 rings (SSSR count). The van der Waals surface area contributed by atoms with Crippen LogP contribution in [-0.2, 0) is 24.7 Å². The maximum absolute atomic E-state index is 14.9. The molecule has 0 saturated carbocycles. The Bertz CT molecular complexity index is 1280. The van der Waals surface area contributed by atoms with Gasteiger partial charge in [-0.2, -0.15) is 0 Å². The topological polar surface area (TPSA) is 105 Å². The molecule has 2 aromatic carbocycles. The molecule has 1 saturated heterocycles. The van der Waals surface area contributed by atoms with Crippen LogP contribution in [0.2, 0.25) is 0 Å². The molecular formula is C21H23F2N3O5S2. The molecule has 0 unspecified atom stereocenters. The van der Waals surface area contributed by atoms with E-state index in [0.717, 1.165) is 18.4 Å². The normalized spacial score (nSPS) is 19.8. The summed E-state index contributed by atoms with van der Waals surface area (Å²) >= 11 is 0. The summed E-state index contributed by atoms with van der Waals surface area (Å²) in [7, 11) is -5.06. The molecule has 0 aliphatic carbocycles. The summed E-state index contributed by atoms with van der Waals surface area (Å²) < 4.78 is 79.7. The Morgan fingerprint density at radius 2 is 1.67 bits per heavy atom. The summed E-state index contributed by atoms with van der Waals surface area (Å²) in [6, 6.07) is 7.76. The minimum Gasteiger partial charge on any atom is -0.390 e. The second kappa shape index (κ2) is 8.75. The third-order valence-electron chi connectivity index (χ3n) is 5.62. The third-order valence-corrected chi connectivity index (χ3v) is 8.42. The highest BCUT2D eigenvalue weighted by molar-refractivity contribution is 7.92. The number of rotatable bonds is 7. The lowest BCUT2D eigenvalue weighted by molar-refractivity contribution is 0.0891. The van der Waals surface area contributed by atoms with E-state index in [9.17, 15) is 25.6 Å². The van der Waals surface area contributed by atoms with Gasteiger partial charge in [-0.1, -0.05) is 17.3 Å². The van der Waals surface area contributed by atoms with E-state index in [1.165, 1.54) is 24.3 Å². The van der Waals surface area contributed by atoms with Crippen molar-refractivity contribution < 1.29 is 30.5 Å². The monoisotopic (exact) mass is 499 g/mol. The van der Waals surface area contributed by atoms with Gasteiger partial charge in [0.25, 0.3) is 0 Å². The van der Waals surface area contributed by atoms with E-state index < -0.39 is 42.8 Å². The summed E-state index contributed by atoms with van der Waals surface area (Å²) in [5.41, 5.74) is 0.414. The van der Waals surface area contributed by atoms with E-state index in [1.807, 2.05) is 11.9 Å². The highest BCUT2D eigenvalue weighted by atomic mass is 32.2. The van der Waals surface area contributed by atoms with Crippen LogP contribution in [0.25, 0.3) is 11.1 Å². The van der Waals surface area contributed by atoms with Gasteiger partial charge < -0.3 is 9.74 Å². The van der Waals surface area contributed by atoms with Gasteiger partial charge in [-0.3, -0.25) is 0 Å². The molecule has 2 aliphatic rings. The van der Waals surface area contributed by atoms with Crippen LogP contribution in [0, 0.1) is 11.6 Å². The predicted molar refractivity (Wildman–Crippen MR) is 119 cm³/mol. The number of likely N-dealkylation sites (tertiary alicyclic amines) is 1. The molecular weight excluding hydrogens is 476 g/mol. The summed E-state index contributed by atoms with van der Waals surface area (Å²) in [5, 5.41) is 3.35. The second-order valence-corrected chi connectivity index (χ2v) is 12.4. The first-order chi connectivity index (χ1) is 15.4. The maximum atomic E-state index is 14.9. The summed E-state index contributed by atoms with van der Waals surface area (Å²) in [4.78, 5) is 7.17. The van der Waals surface area contributed by atoms with Crippen LogP contribution in [-0.4, -0.2) is 71.7 Å². The van der Waals surface area contributed by atoms with E-state index in [4.69, 9.17) is 4.84 Å². The van der Waals surface area contributed by atoms with Crippen LogP contribution in [0.5, 0.6) is 0 Å². The lowest BCUT2D eigenvalue weighted by Crippen LogP contribution is -2.52. The minimum atomic E-state index is -3.49. The minimum absolute atomic E-state index is 0.0126. The van der Waals surface area contributed by atoms with Crippen molar-refractivity contribution in [3.05, 3.63) is 53.6 Å². The fraction of sp³-hybridized carbons (Fsp3) is 0.381. The fourth-order valence-corrected chi connectivity index (χ4v) is 6.10. The summed E-state index contributed by atoms with van der Waals surface area (Å²) in [6.45, 7) is 0.891. The van der Waals surface area contributed by atoms with Crippen molar-refractivity contribution in [3.63, 3.8) is 0 Å². The predicted octanol–water partition coefficient (Wildman–Crippen LogP) is 1.76. The van der Waals surface area contributed by atoms with Crippen molar-refractivity contribution in [3.8, 4) is 11.1 Å². The number of sulfone groups is 1. The van der Waals surface area contributed by atoms with Crippen molar-refractivity contribution in [1.29, 1.82) is 0 Å². The zero-order chi connectivity index (χ0) is 24.0. The molecule has 1 atom stereocenters. The molecule has 0 spiro atoms. The lowest BCUT2D eigenvalue weighted by Gasteiger charge is -2.35. The van der Waals surface area contributed by atoms with Gasteiger partial charge in [0.05, 0.1) is 34.2 Å². The van der Waals surface area contributed by atoms with Gasteiger partial charge >= 0.3 is 0 Å². The molecule has 1 N–H and O–H groups in total. The first-order valence-corrected chi connectivity index (χ1v) is 13.6. The molecule has 12 heteroatoms. The van der Waals surface area contributed by atoms with Gasteiger partial charge in [0.2, 0.25) is 10.0 Å². The van der Waals surface area contributed by atoms with Gasteiger partial charge in [-0.15, -0.1) is 0 Å². The Kier molecular flexibility index (Phi) is 6.29. The van der Waals surface area contributed by atoms with Crippen molar-refractivity contribution >= 4 is 25.6 Å². The molecule has 0 amide bonds. The molecule has 0 radical (unpaired) electrons. The number of hydrogen-bond donors (Lipinski definition) is 1. The average Bonchev–Trinajstić information content (AvgIpc) is 3.18. The number of sulfonamides is 1. The highest BCUT2D eigenvalue weighted by Crippen LogP contribution is 2.31. The summed E-state index contributed by atoms with van der Waals surface area (Å²) in [5.74, 6) is -1.66. The van der Waals surface area contributed by atoms with E-state index >= 15 is 0 Å². The Labute approximate surface area is 191 Å². The van der Waals surface area contributed by atoms with Crippen LogP contribution < -0.4 is 4.72 Å². The highest BCUT2D eigenvalue weighted by Gasteiger charge is 2.36. The summed E-state index contributed by atoms with van der Waals surface area (Å²) in [6.07, 6.45) is 0.621. The number of nitrogens with one attached hydrogen (secondary N) is 1. The molecule has 8 nitrogen and oxygen atoms in total. The lowest BCUT2D eigenvalue weighted by atomic mass is 9.99. The second-order valence-electron chi connectivity index (χ2n) is 8.32. The van der Waals surface area contributed by atoms with Crippen molar-refractivity contribution in [2.75, 3.05) is 32.9 Å². The molecule has 2 aromatic rings. The van der Waals surface area contributed by atoms with Crippen LogP contribution in [0.3, 0.4) is 0 Å². The molecule has 33 heavy (non-hydrogen) atoms. The van der Waals surface area contributed by atoms with Crippen molar-refractivity contribution in [1.82, 2.24) is 9.62 Å². The number of hydrogen-bond acceptors (Lipinski definition) is 7. The van der Waals surface area contributed by atoms with Crippen molar-refractivity contribution in [2.24, 2.45) is 5.16 Å². The first kappa shape index (κ1) is 23.7. The number of oxime groups is 1. The number of nitrogens with zero attached hydrogens (tertiary/aromatic N) is 2. The molecule has 178 valence electrons. The molecule has 0 bridgehead atoms. The van der Waals surface area contributed by atoms with Gasteiger partial charge in [-0.25, -0.2) is 30.3 Å². The van der Waals surface area contributed by atoms with Gasteiger partial charge in [0.1, 0.15) is 17.7 Å². The zero-order valence-electron chi connectivity index (χ0n) is 18.0. The van der Waals surface area contributed by atoms with Crippen LogP contribution >= 0.6 is 0 Å². The van der Waals surface area contributed by atoms with Crippen molar-refractivity contribution in [2.45, 2.75) is 22.7 Å². The van der Waals surface area contributed by atoms with Crippen LogP contribution in [0.1, 0.15) is 12.0 Å². The quantitative estimate of drug-likeness (QED) is 0.623. The average molecular weight is 500 g/mol. The number of halogens is 2. The van der Waals surface area contributed by atoms with Gasteiger partial charge in [0, 0.05) is 25.1 Å². The van der Waals surface area contributed by atoms with E-state index in [1.54, 1.807) is 0 Å². The standard InChI is InChI=1S/C21H23F2N3O5S2/c1-26-11-17(12-26)33(29,30)16-5-3-13(4-6-16)21-18(22)7-14(8-19(21)23)20-9-15(31-25-20)10-24-32(2,27)28/h3-8,15,17,24H,9-12H2,1-2H3/t15-/m1/s1. The Morgan fingerprint density at radius 3 is 2.21 bits per heavy atom. The maximum Gasteiger partial charge on any atom is 0.208 e. The Morgan fingerprint density at radius 1 is 1.06 bits per heavy atom. The van der Waals surface area contributed by atoms with E-state index in [2.05, 4.69) is 9.88 Å². The van der Waals surface area contributed by atoms with Crippen LogP contribution in [0.4, 0.5) is 8.78 Å². The molecule has 0 aromatic heterocycles. The van der Waals surface area contributed by atoms with Crippen LogP contribution in [0.15, 0.2) is 46.4 Å². The van der Waals surface area contributed by atoms with Gasteiger partial charge in [-0.05, 0) is 36.9 Å². The largest absolute Gasteiger partial charge is 0.390 e. The third kappa shape index (κ3) is 5.08. The smallest absolute Gasteiger partial charge is 0.208 e. The zero-order valence-corrected chi connectivity index (χ0v) is 19.6. The molecule has 1 fully saturated rings. The van der Waals surface area contributed by atoms with Gasteiger partial charge in [0.15, 0.2) is 9.84 Å². The van der Waals surface area contributed by atoms with E-state index in [-0.39, 0.29) is 34.6 Å². The Balaban J connectivity index is 1.51. The first-order valence-electron chi connectivity index (χ1n) is 10.1. The molecule has 2 aliphatic heterocycles. The SMILES string of the molecule is CN1CC(S(=O)(=O)c2ccc(-c3c(F)cc(C4=NO[C@@H](CNS(C)(=O)=O)C4)cc3F)cc2)C1. The fourth-order valence-electron chi connectivity index (χ4n) is 3.81. The number of benzene rings is 2. The van der Waals surface area contributed by atoms with E-state index in [0.29, 0.717) is 18.8 Å².